The Morgan fingerprint density at radius 1 is 1.24 bits per heavy atom. The molecule has 1 saturated heterocycles. The van der Waals surface area contributed by atoms with E-state index in [0.29, 0.717) is 19.0 Å². The molecule has 4 rings (SSSR count). The number of carbonyl (C=O) groups is 2. The normalized spacial score (nSPS) is 15.8. The molecule has 3 N–H and O–H groups in total. The van der Waals surface area contributed by atoms with Gasteiger partial charge in [-0.2, -0.15) is 4.98 Å². The van der Waals surface area contributed by atoms with Crippen LogP contribution in [0.15, 0.2) is 46.0 Å². The number of Topliss-reactive ketones (excluding diaryl/α,β-unsaturated/α-hetero) is 1. The van der Waals surface area contributed by atoms with Crippen LogP contribution in [0.3, 0.4) is 0 Å². The number of hydrogen-bond donors (Lipinski definition) is 2. The Labute approximate surface area is 219 Å². The van der Waals surface area contributed by atoms with Crippen molar-refractivity contribution in [2.24, 2.45) is 12.8 Å². The minimum Gasteiger partial charge on any atom is -0.483 e. The Hall–Kier alpha value is -4.19. The van der Waals surface area contributed by atoms with E-state index in [1.165, 1.54) is 24.7 Å². The van der Waals surface area contributed by atoms with E-state index in [9.17, 15) is 19.2 Å². The third kappa shape index (κ3) is 5.25. The molecule has 0 aliphatic carbocycles. The predicted molar refractivity (Wildman–Crippen MR) is 144 cm³/mol. The molecule has 0 bridgehead atoms. The lowest BCUT2D eigenvalue weighted by molar-refractivity contribution is -0.122. The molecule has 0 unspecified atom stereocenters. The van der Waals surface area contributed by atoms with Crippen LogP contribution in [0, 0.1) is 0 Å². The number of hydrogen-bond acceptors (Lipinski definition) is 8. The van der Waals surface area contributed by atoms with Gasteiger partial charge in [0.1, 0.15) is 5.75 Å². The number of nitrogens with one attached hydrogen (secondary N) is 1. The number of allylic oxidation sites excluding steroid dienone is 2. The van der Waals surface area contributed by atoms with Gasteiger partial charge in [0.15, 0.2) is 23.6 Å². The Morgan fingerprint density at radius 2 is 2.00 bits per heavy atom. The maximum Gasteiger partial charge on any atom is 0.332 e. The van der Waals surface area contributed by atoms with Gasteiger partial charge >= 0.3 is 5.69 Å². The van der Waals surface area contributed by atoms with Gasteiger partial charge in [0.2, 0.25) is 5.95 Å². The number of nitrogens with zero attached hydrogens (tertiary/aromatic N) is 5. The summed E-state index contributed by atoms with van der Waals surface area (Å²) in [4.78, 5) is 58.7. The summed E-state index contributed by atoms with van der Waals surface area (Å²) in [5.74, 6) is -0.105. The van der Waals surface area contributed by atoms with E-state index >= 15 is 0 Å². The standard InChI is InChI=1S/C26H33N7O5/c1-4-5-13-32-22-23(29-25(32)31-12-8-9-17(27)14-31)30(3)26(37)33(24(22)36)15-19(34)18-10-6-7-11-20(18)38-16-21(35)28-2/h4-7,10-11,17H,8-9,12-16,27H2,1-3H3,(H,28,35)/t17-/m0/s1. The van der Waals surface area contributed by atoms with E-state index in [2.05, 4.69) is 5.32 Å². The number of amides is 1. The lowest BCUT2D eigenvalue weighted by Crippen LogP contribution is -2.44. The van der Waals surface area contributed by atoms with Gasteiger partial charge in [-0.15, -0.1) is 0 Å². The fraction of sp³-hybridized carbons (Fsp3) is 0.423. The fourth-order valence-electron chi connectivity index (χ4n) is 4.58. The van der Waals surface area contributed by atoms with Gasteiger partial charge in [-0.25, -0.2) is 4.79 Å². The van der Waals surface area contributed by atoms with Gasteiger partial charge in [-0.05, 0) is 31.9 Å². The number of nitrogens with two attached hydrogens (primary N) is 1. The smallest absolute Gasteiger partial charge is 0.332 e. The van der Waals surface area contributed by atoms with Crippen LogP contribution in [0.5, 0.6) is 5.75 Å². The number of piperidine rings is 1. The van der Waals surface area contributed by atoms with Crippen molar-refractivity contribution in [1.29, 1.82) is 0 Å². The quantitative estimate of drug-likeness (QED) is 0.303. The van der Waals surface area contributed by atoms with Crippen molar-refractivity contribution in [2.45, 2.75) is 38.9 Å². The Balaban J connectivity index is 1.78. The van der Waals surface area contributed by atoms with Crippen molar-refractivity contribution < 1.29 is 14.3 Å². The van der Waals surface area contributed by atoms with E-state index in [1.54, 1.807) is 22.8 Å². The summed E-state index contributed by atoms with van der Waals surface area (Å²) in [7, 11) is 3.01. The summed E-state index contributed by atoms with van der Waals surface area (Å²) in [5, 5.41) is 2.45. The molecule has 1 atom stereocenters. The SMILES string of the molecule is CC=CCn1c(N2CCC[C@H](N)C2)nc2c1c(=O)n(CC(=O)c1ccccc1OCC(=O)NC)c(=O)n2C. The van der Waals surface area contributed by atoms with E-state index < -0.39 is 23.6 Å². The molecule has 1 aliphatic rings. The van der Waals surface area contributed by atoms with Crippen molar-refractivity contribution in [3.05, 3.63) is 62.8 Å². The summed E-state index contributed by atoms with van der Waals surface area (Å²) in [6.07, 6.45) is 5.58. The number of anilines is 1. The lowest BCUT2D eigenvalue weighted by atomic mass is 10.1. The molecule has 12 nitrogen and oxygen atoms in total. The zero-order valence-corrected chi connectivity index (χ0v) is 21.8. The second-order valence-corrected chi connectivity index (χ2v) is 9.23. The van der Waals surface area contributed by atoms with Crippen LogP contribution in [-0.4, -0.2) is 63.2 Å². The Morgan fingerprint density at radius 3 is 2.71 bits per heavy atom. The molecule has 1 aliphatic heterocycles. The third-order valence-corrected chi connectivity index (χ3v) is 6.60. The number of carbonyl (C=O) groups excluding carboxylic acids is 2. The van der Waals surface area contributed by atoms with Gasteiger partial charge in [-0.1, -0.05) is 24.3 Å². The average Bonchev–Trinajstić information content (AvgIpc) is 3.31. The molecule has 3 aromatic rings. The van der Waals surface area contributed by atoms with Gasteiger partial charge in [-0.3, -0.25) is 23.5 Å². The summed E-state index contributed by atoms with van der Waals surface area (Å²) < 4.78 is 9.48. The molecule has 1 aromatic carbocycles. The zero-order valence-electron chi connectivity index (χ0n) is 21.8. The number of likely N-dealkylation sites (N-methyl/N-ethyl adjacent to an activating group) is 1. The number of benzene rings is 1. The first kappa shape index (κ1) is 26.9. The van der Waals surface area contributed by atoms with Crippen molar-refractivity contribution in [2.75, 3.05) is 31.6 Å². The molecular formula is C26H33N7O5. The van der Waals surface area contributed by atoms with Gasteiger partial charge in [0.05, 0.1) is 12.1 Å². The number of fused-ring (bicyclic) bond motifs is 1. The van der Waals surface area contributed by atoms with Crippen molar-refractivity contribution in [1.82, 2.24) is 24.0 Å². The summed E-state index contributed by atoms with van der Waals surface area (Å²) in [6, 6.07) is 6.39. The minimum absolute atomic E-state index is 0.0116. The Kier molecular flexibility index (Phi) is 8.10. The highest BCUT2D eigenvalue weighted by molar-refractivity contribution is 5.98. The molecule has 3 heterocycles. The second kappa shape index (κ2) is 11.5. The summed E-state index contributed by atoms with van der Waals surface area (Å²) >= 11 is 0. The van der Waals surface area contributed by atoms with Gasteiger partial charge in [0, 0.05) is 39.8 Å². The average molecular weight is 524 g/mol. The maximum absolute atomic E-state index is 13.7. The lowest BCUT2D eigenvalue weighted by Gasteiger charge is -2.31. The largest absolute Gasteiger partial charge is 0.483 e. The number of imidazole rings is 1. The first-order chi connectivity index (χ1) is 18.3. The number of para-hydroxylation sites is 1. The van der Waals surface area contributed by atoms with Crippen molar-refractivity contribution >= 4 is 28.8 Å². The van der Waals surface area contributed by atoms with Crippen LogP contribution >= 0.6 is 0 Å². The minimum atomic E-state index is -0.655. The van der Waals surface area contributed by atoms with Crippen LogP contribution in [0.1, 0.15) is 30.1 Å². The first-order valence-corrected chi connectivity index (χ1v) is 12.5. The molecule has 12 heteroatoms. The molecule has 2 aromatic heterocycles. The number of rotatable bonds is 9. The first-order valence-electron chi connectivity index (χ1n) is 12.5. The van der Waals surface area contributed by atoms with Crippen molar-refractivity contribution in [3.8, 4) is 5.75 Å². The van der Waals surface area contributed by atoms with Gasteiger partial charge in [0.25, 0.3) is 11.5 Å². The predicted octanol–water partition coefficient (Wildman–Crippen LogP) is 0.408. The molecule has 202 valence electrons. The van der Waals surface area contributed by atoms with E-state index in [4.69, 9.17) is 15.5 Å². The van der Waals surface area contributed by atoms with Crippen LogP contribution in [0.25, 0.3) is 11.2 Å². The molecule has 0 saturated carbocycles. The number of ether oxygens (including phenoxy) is 1. The Bertz CT molecular complexity index is 1500. The third-order valence-electron chi connectivity index (χ3n) is 6.60. The van der Waals surface area contributed by atoms with Crippen LogP contribution < -0.4 is 31.9 Å². The second-order valence-electron chi connectivity index (χ2n) is 9.23. The molecule has 1 fully saturated rings. The summed E-state index contributed by atoms with van der Waals surface area (Å²) in [5.41, 5.74) is 5.58. The van der Waals surface area contributed by atoms with Crippen LogP contribution in [-0.2, 0) is 24.9 Å². The molecule has 1 amide bonds. The zero-order chi connectivity index (χ0) is 27.4. The fourth-order valence-corrected chi connectivity index (χ4v) is 4.58. The van der Waals surface area contributed by atoms with Crippen molar-refractivity contribution in [3.63, 3.8) is 0 Å². The maximum atomic E-state index is 13.7. The van der Waals surface area contributed by atoms with E-state index in [0.717, 1.165) is 24.0 Å². The van der Waals surface area contributed by atoms with Gasteiger partial charge < -0.3 is 25.3 Å². The number of ketones is 1. The molecule has 0 radical (unpaired) electrons. The number of aryl methyl sites for hydroxylation is 1. The highest BCUT2D eigenvalue weighted by atomic mass is 16.5. The van der Waals surface area contributed by atoms with E-state index in [-0.39, 0.29) is 41.0 Å². The topological polar surface area (TPSA) is 146 Å². The molecule has 38 heavy (non-hydrogen) atoms. The van der Waals surface area contributed by atoms with Crippen LogP contribution in [0.2, 0.25) is 0 Å². The molecule has 0 spiro atoms. The summed E-state index contributed by atoms with van der Waals surface area (Å²) in [6.45, 7) is 2.80. The monoisotopic (exact) mass is 523 g/mol. The molecular weight excluding hydrogens is 490 g/mol. The highest BCUT2D eigenvalue weighted by Crippen LogP contribution is 2.23. The highest BCUT2D eigenvalue weighted by Gasteiger charge is 2.27. The van der Waals surface area contributed by atoms with E-state index in [1.807, 2.05) is 24.0 Å². The number of aromatic nitrogens is 4. The van der Waals surface area contributed by atoms with Crippen LogP contribution in [0.4, 0.5) is 5.95 Å².